The summed E-state index contributed by atoms with van der Waals surface area (Å²) in [4.78, 5) is 18.8. The molecular formula is C24H25FN6O2. The van der Waals surface area contributed by atoms with Crippen LogP contribution in [0.2, 0.25) is 0 Å². The molecule has 4 aromatic rings. The maximum Gasteiger partial charge on any atom is 0.219 e. The molecule has 1 amide bonds. The highest BCUT2D eigenvalue weighted by atomic mass is 19.1. The first kappa shape index (κ1) is 20.1. The van der Waals surface area contributed by atoms with Gasteiger partial charge in [-0.15, -0.1) is 0 Å². The van der Waals surface area contributed by atoms with Crippen LogP contribution in [0, 0.1) is 19.7 Å². The van der Waals surface area contributed by atoms with E-state index in [1.54, 1.807) is 23.6 Å². The molecule has 1 fully saturated rings. The molecule has 0 atom stereocenters. The first-order valence-electron chi connectivity index (χ1n) is 11.3. The van der Waals surface area contributed by atoms with Crippen molar-refractivity contribution in [2.45, 2.75) is 52.6 Å². The molecule has 0 bridgehead atoms. The lowest BCUT2D eigenvalue weighted by Gasteiger charge is -2.28. The summed E-state index contributed by atoms with van der Waals surface area (Å²) in [6.45, 7) is 7.08. The van der Waals surface area contributed by atoms with Gasteiger partial charge in [-0.1, -0.05) is 5.16 Å². The van der Waals surface area contributed by atoms with Crippen molar-refractivity contribution in [2.24, 2.45) is 7.05 Å². The van der Waals surface area contributed by atoms with E-state index in [1.165, 1.54) is 6.07 Å². The van der Waals surface area contributed by atoms with Gasteiger partial charge in [0.2, 0.25) is 5.91 Å². The lowest BCUT2D eigenvalue weighted by Crippen LogP contribution is -2.37. The molecule has 170 valence electrons. The molecule has 1 aromatic carbocycles. The Hall–Kier alpha value is -3.49. The van der Waals surface area contributed by atoms with Crippen LogP contribution in [0.4, 0.5) is 4.39 Å². The lowest BCUT2D eigenvalue weighted by molar-refractivity contribution is -0.130. The summed E-state index contributed by atoms with van der Waals surface area (Å²) in [6.07, 6.45) is 2.21. The third-order valence-corrected chi connectivity index (χ3v) is 6.89. The average Bonchev–Trinajstić information content (AvgIpc) is 3.39. The highest BCUT2D eigenvalue weighted by molar-refractivity contribution is 5.97. The Balaban J connectivity index is 1.58. The van der Waals surface area contributed by atoms with Crippen molar-refractivity contribution < 1.29 is 13.7 Å². The summed E-state index contributed by atoms with van der Waals surface area (Å²) >= 11 is 0. The van der Waals surface area contributed by atoms with Gasteiger partial charge >= 0.3 is 0 Å². The predicted octanol–water partition coefficient (Wildman–Crippen LogP) is 4.09. The van der Waals surface area contributed by atoms with Gasteiger partial charge in [0.1, 0.15) is 23.1 Å². The summed E-state index contributed by atoms with van der Waals surface area (Å²) in [5, 5.41) is 9.55. The molecule has 3 aromatic heterocycles. The molecule has 6 rings (SSSR count). The standard InChI is InChI=1S/C24H25FN6O2/c1-12-21(13(2)33-28-12)23-17-9-16(18(25)10-19(17)29(4)27-23)22-20-11-30(14(3)32)7-8-31(20)24(26-22)15-5-6-15/h9-10,15H,5-8,11H2,1-4H3. The van der Waals surface area contributed by atoms with E-state index < -0.39 is 0 Å². The van der Waals surface area contributed by atoms with Crippen molar-refractivity contribution in [3.63, 3.8) is 0 Å². The number of nitrogens with zero attached hydrogens (tertiary/aromatic N) is 6. The molecule has 0 N–H and O–H groups in total. The third-order valence-electron chi connectivity index (χ3n) is 6.89. The Morgan fingerprint density at radius 3 is 2.64 bits per heavy atom. The second kappa shape index (κ2) is 7.00. The van der Waals surface area contributed by atoms with E-state index >= 15 is 4.39 Å². The minimum Gasteiger partial charge on any atom is -0.361 e. The predicted molar refractivity (Wildman–Crippen MR) is 120 cm³/mol. The first-order valence-corrected chi connectivity index (χ1v) is 11.3. The molecule has 8 nitrogen and oxygen atoms in total. The maximum atomic E-state index is 15.5. The average molecular weight is 449 g/mol. The van der Waals surface area contributed by atoms with Crippen LogP contribution in [0.1, 0.15) is 48.7 Å². The second-order valence-electron chi connectivity index (χ2n) is 9.15. The van der Waals surface area contributed by atoms with Crippen LogP contribution >= 0.6 is 0 Å². The Morgan fingerprint density at radius 1 is 1.18 bits per heavy atom. The number of fused-ring (bicyclic) bond motifs is 2. The maximum absolute atomic E-state index is 15.5. The van der Waals surface area contributed by atoms with Gasteiger partial charge in [0.05, 0.1) is 34.7 Å². The Kier molecular flexibility index (Phi) is 4.27. The Morgan fingerprint density at radius 2 is 1.97 bits per heavy atom. The molecule has 1 aliphatic heterocycles. The topological polar surface area (TPSA) is 82.0 Å². The zero-order valence-corrected chi connectivity index (χ0v) is 19.1. The van der Waals surface area contributed by atoms with Crippen LogP contribution in [0.25, 0.3) is 33.4 Å². The SMILES string of the molecule is CC(=O)N1CCn2c(C3CC3)nc(-c3cc4c(-c5c(C)noc5C)nn(C)c4cc3F)c2C1. The third kappa shape index (κ3) is 3.02. The zero-order chi connectivity index (χ0) is 23.0. The number of amides is 1. The van der Waals surface area contributed by atoms with Crippen molar-refractivity contribution in [1.82, 2.24) is 29.4 Å². The number of rotatable bonds is 3. The van der Waals surface area contributed by atoms with Gasteiger partial charge in [-0.05, 0) is 32.8 Å². The summed E-state index contributed by atoms with van der Waals surface area (Å²) in [5.41, 5.74) is 4.93. The second-order valence-corrected chi connectivity index (χ2v) is 9.15. The van der Waals surface area contributed by atoms with Gasteiger partial charge in [0.15, 0.2) is 0 Å². The van der Waals surface area contributed by atoms with Crippen molar-refractivity contribution in [2.75, 3.05) is 6.54 Å². The fourth-order valence-corrected chi connectivity index (χ4v) is 5.00. The van der Waals surface area contributed by atoms with Crippen molar-refractivity contribution in [3.05, 3.63) is 40.9 Å². The normalized spacial score (nSPS) is 16.0. The van der Waals surface area contributed by atoms with Crippen LogP contribution in [0.3, 0.4) is 0 Å². The molecule has 2 aliphatic rings. The van der Waals surface area contributed by atoms with Crippen molar-refractivity contribution >= 4 is 16.8 Å². The summed E-state index contributed by atoms with van der Waals surface area (Å²) in [5.74, 6) is 1.78. The fraction of sp³-hybridized carbons (Fsp3) is 0.417. The van der Waals surface area contributed by atoms with E-state index in [0.29, 0.717) is 53.8 Å². The molecule has 4 heterocycles. The van der Waals surface area contributed by atoms with Gasteiger partial charge in [-0.2, -0.15) is 5.10 Å². The molecule has 0 radical (unpaired) electrons. The number of hydrogen-bond acceptors (Lipinski definition) is 5. The number of aryl methyl sites for hydroxylation is 3. The number of carbonyl (C=O) groups is 1. The van der Waals surface area contributed by atoms with E-state index in [4.69, 9.17) is 9.51 Å². The van der Waals surface area contributed by atoms with E-state index in [-0.39, 0.29) is 11.7 Å². The number of halogens is 1. The van der Waals surface area contributed by atoms with E-state index in [0.717, 1.165) is 41.0 Å². The van der Waals surface area contributed by atoms with Gasteiger partial charge < -0.3 is 14.0 Å². The van der Waals surface area contributed by atoms with Gasteiger partial charge in [0, 0.05) is 50.0 Å². The largest absolute Gasteiger partial charge is 0.361 e. The van der Waals surface area contributed by atoms with Gasteiger partial charge in [-0.25, -0.2) is 9.37 Å². The van der Waals surface area contributed by atoms with Crippen molar-refractivity contribution in [1.29, 1.82) is 0 Å². The van der Waals surface area contributed by atoms with E-state index in [9.17, 15) is 4.79 Å². The summed E-state index contributed by atoms with van der Waals surface area (Å²) in [6, 6.07) is 3.36. The quantitative estimate of drug-likeness (QED) is 0.472. The lowest BCUT2D eigenvalue weighted by atomic mass is 10.0. The monoisotopic (exact) mass is 448 g/mol. The molecule has 1 saturated carbocycles. The van der Waals surface area contributed by atoms with E-state index in [1.807, 2.05) is 19.9 Å². The fourth-order valence-electron chi connectivity index (χ4n) is 5.00. The molecule has 1 aliphatic carbocycles. The summed E-state index contributed by atoms with van der Waals surface area (Å²) in [7, 11) is 1.80. The van der Waals surface area contributed by atoms with Crippen molar-refractivity contribution in [3.8, 4) is 22.5 Å². The summed E-state index contributed by atoms with van der Waals surface area (Å²) < 4.78 is 24.8. The number of hydrogen-bond donors (Lipinski definition) is 0. The Bertz CT molecular complexity index is 1420. The van der Waals surface area contributed by atoms with Crippen LogP contribution in [0.15, 0.2) is 16.7 Å². The van der Waals surface area contributed by atoms with E-state index in [2.05, 4.69) is 14.8 Å². The Labute approximate surface area is 190 Å². The molecule has 33 heavy (non-hydrogen) atoms. The van der Waals surface area contributed by atoms with Crippen LogP contribution in [-0.4, -0.2) is 41.8 Å². The van der Waals surface area contributed by atoms with Crippen LogP contribution in [-0.2, 0) is 24.9 Å². The number of imidazole rings is 1. The van der Waals surface area contributed by atoms with Gasteiger partial charge in [-0.3, -0.25) is 9.48 Å². The smallest absolute Gasteiger partial charge is 0.219 e. The molecule has 9 heteroatoms. The molecule has 0 unspecified atom stereocenters. The minimum atomic E-state index is -0.348. The first-order chi connectivity index (χ1) is 15.8. The van der Waals surface area contributed by atoms with Gasteiger partial charge in [0.25, 0.3) is 0 Å². The molecule has 0 spiro atoms. The molecular weight excluding hydrogens is 423 g/mol. The number of benzene rings is 1. The van der Waals surface area contributed by atoms with Crippen LogP contribution < -0.4 is 0 Å². The zero-order valence-electron chi connectivity index (χ0n) is 19.1. The highest BCUT2D eigenvalue weighted by Gasteiger charge is 2.35. The molecule has 0 saturated heterocycles. The minimum absolute atomic E-state index is 0.0187. The highest BCUT2D eigenvalue weighted by Crippen LogP contribution is 2.43. The number of carbonyl (C=O) groups excluding carboxylic acids is 1. The van der Waals surface area contributed by atoms with Crippen LogP contribution in [0.5, 0.6) is 0 Å². The number of aromatic nitrogens is 5.